The van der Waals surface area contributed by atoms with Gasteiger partial charge in [-0.2, -0.15) is 0 Å². The molecule has 0 N–H and O–H groups in total. The van der Waals surface area contributed by atoms with Gasteiger partial charge in [0.15, 0.2) is 0 Å². The van der Waals surface area contributed by atoms with E-state index in [0.29, 0.717) is 16.5 Å². The molecule has 2 aromatic carbocycles. The summed E-state index contributed by atoms with van der Waals surface area (Å²) in [6.45, 7) is 5.33. The number of hydrogen-bond donors (Lipinski definition) is 0. The van der Waals surface area contributed by atoms with Crippen molar-refractivity contribution in [2.24, 2.45) is 0 Å². The molecule has 0 saturated carbocycles. The molecular formula is C23H26Cl2N2O. The second-order valence-corrected chi connectivity index (χ2v) is 8.82. The van der Waals surface area contributed by atoms with Crippen molar-refractivity contribution < 1.29 is 4.79 Å². The maximum absolute atomic E-state index is 13.4. The van der Waals surface area contributed by atoms with Crippen molar-refractivity contribution in [1.29, 1.82) is 0 Å². The quantitative estimate of drug-likeness (QED) is 0.687. The fraction of sp³-hybridized carbons (Fsp3) is 0.435. The van der Waals surface area contributed by atoms with E-state index in [1.165, 1.54) is 24.0 Å². The molecule has 1 amide bonds. The van der Waals surface area contributed by atoms with E-state index in [2.05, 4.69) is 41.0 Å². The Morgan fingerprint density at radius 2 is 1.82 bits per heavy atom. The number of benzene rings is 2. The molecule has 1 fully saturated rings. The van der Waals surface area contributed by atoms with Crippen molar-refractivity contribution >= 4 is 29.1 Å². The molecule has 3 nitrogen and oxygen atoms in total. The third-order valence-electron chi connectivity index (χ3n) is 6.00. The Bertz CT molecular complexity index is 863. The van der Waals surface area contributed by atoms with Crippen LogP contribution < -0.4 is 0 Å². The average molecular weight is 417 g/mol. The Kier molecular flexibility index (Phi) is 5.96. The molecule has 0 radical (unpaired) electrons. The van der Waals surface area contributed by atoms with E-state index in [9.17, 15) is 4.79 Å². The van der Waals surface area contributed by atoms with E-state index < -0.39 is 0 Å². The third kappa shape index (κ3) is 4.07. The van der Waals surface area contributed by atoms with Crippen LogP contribution in [-0.4, -0.2) is 41.4 Å². The first-order valence-corrected chi connectivity index (χ1v) is 10.8. The fourth-order valence-corrected chi connectivity index (χ4v) is 4.97. The summed E-state index contributed by atoms with van der Waals surface area (Å²) in [4.78, 5) is 18.0. The zero-order valence-corrected chi connectivity index (χ0v) is 17.7. The molecule has 1 saturated heterocycles. The first kappa shape index (κ1) is 19.8. The molecule has 2 aromatic rings. The topological polar surface area (TPSA) is 23.6 Å². The van der Waals surface area contributed by atoms with Gasteiger partial charge in [-0.1, -0.05) is 53.5 Å². The minimum absolute atomic E-state index is 0.105. The monoisotopic (exact) mass is 416 g/mol. The highest BCUT2D eigenvalue weighted by atomic mass is 35.5. The summed E-state index contributed by atoms with van der Waals surface area (Å²) >= 11 is 12.2. The number of hydrogen-bond acceptors (Lipinski definition) is 2. The van der Waals surface area contributed by atoms with Crippen molar-refractivity contribution in [3.05, 3.63) is 69.2 Å². The summed E-state index contributed by atoms with van der Waals surface area (Å²) in [6, 6.07) is 14.4. The molecule has 2 aliphatic rings. The molecule has 4 rings (SSSR count). The predicted molar refractivity (Wildman–Crippen MR) is 115 cm³/mol. The number of carbonyl (C=O) groups excluding carboxylic acids is 1. The maximum atomic E-state index is 13.4. The molecule has 0 spiro atoms. The van der Waals surface area contributed by atoms with Crippen LogP contribution in [0.4, 0.5) is 0 Å². The van der Waals surface area contributed by atoms with Crippen molar-refractivity contribution in [1.82, 2.24) is 9.80 Å². The highest BCUT2D eigenvalue weighted by molar-refractivity contribution is 6.42. The average Bonchev–Trinajstić information content (AvgIpc) is 3.18. The first-order chi connectivity index (χ1) is 13.5. The highest BCUT2D eigenvalue weighted by Crippen LogP contribution is 2.35. The van der Waals surface area contributed by atoms with Crippen LogP contribution in [0.15, 0.2) is 42.5 Å². The van der Waals surface area contributed by atoms with Crippen molar-refractivity contribution in [2.75, 3.05) is 19.6 Å². The van der Waals surface area contributed by atoms with Crippen LogP contribution in [0.3, 0.4) is 0 Å². The van der Waals surface area contributed by atoms with Crippen LogP contribution in [0, 0.1) is 0 Å². The van der Waals surface area contributed by atoms with Gasteiger partial charge in [0, 0.05) is 12.6 Å². The molecule has 148 valence electrons. The molecule has 0 aliphatic carbocycles. The lowest BCUT2D eigenvalue weighted by atomic mass is 9.87. The molecule has 0 unspecified atom stereocenters. The van der Waals surface area contributed by atoms with Crippen LogP contribution in [0.2, 0.25) is 10.0 Å². The van der Waals surface area contributed by atoms with Gasteiger partial charge in [0.05, 0.1) is 22.5 Å². The van der Waals surface area contributed by atoms with E-state index in [0.717, 1.165) is 31.6 Å². The van der Waals surface area contributed by atoms with Gasteiger partial charge in [-0.15, -0.1) is 0 Å². The predicted octanol–water partition coefficient (Wildman–Crippen LogP) is 5.15. The van der Waals surface area contributed by atoms with E-state index in [-0.39, 0.29) is 18.0 Å². The lowest BCUT2D eigenvalue weighted by molar-refractivity contribution is -0.136. The molecule has 2 heterocycles. The Morgan fingerprint density at radius 1 is 1.07 bits per heavy atom. The molecule has 2 atom stereocenters. The second-order valence-electron chi connectivity index (χ2n) is 8.00. The van der Waals surface area contributed by atoms with Crippen LogP contribution in [0.5, 0.6) is 0 Å². The number of likely N-dealkylation sites (tertiary alicyclic amines) is 1. The lowest BCUT2D eigenvalue weighted by Gasteiger charge is -2.43. The van der Waals surface area contributed by atoms with Crippen molar-refractivity contribution in [3.63, 3.8) is 0 Å². The van der Waals surface area contributed by atoms with Crippen LogP contribution in [0.25, 0.3) is 0 Å². The number of amides is 1. The Morgan fingerprint density at radius 3 is 2.57 bits per heavy atom. The summed E-state index contributed by atoms with van der Waals surface area (Å²) in [5.41, 5.74) is 3.58. The lowest BCUT2D eigenvalue weighted by Crippen LogP contribution is -2.49. The van der Waals surface area contributed by atoms with Crippen molar-refractivity contribution in [3.8, 4) is 0 Å². The zero-order valence-electron chi connectivity index (χ0n) is 16.2. The standard InChI is InChI=1S/C23H26Cl2N2O/c1-16-12-18-6-2-3-7-19(18)22(15-26-10-4-5-11-26)27(16)23(28)14-17-8-9-20(24)21(25)13-17/h2-3,6-9,13,16,22H,4-5,10-12,14-15H2,1H3/t16-,22+/m1/s1. The van der Waals surface area contributed by atoms with Gasteiger partial charge in [-0.05, 0) is 68.1 Å². The number of rotatable bonds is 4. The summed E-state index contributed by atoms with van der Waals surface area (Å²) in [5.74, 6) is 0.157. The number of fused-ring (bicyclic) bond motifs is 1. The molecule has 2 aliphatic heterocycles. The summed E-state index contributed by atoms with van der Waals surface area (Å²) in [6.07, 6.45) is 3.75. The van der Waals surface area contributed by atoms with Crippen LogP contribution in [-0.2, 0) is 17.6 Å². The maximum Gasteiger partial charge on any atom is 0.227 e. The van der Waals surface area contributed by atoms with Crippen LogP contribution >= 0.6 is 23.2 Å². The van der Waals surface area contributed by atoms with Gasteiger partial charge in [-0.3, -0.25) is 4.79 Å². The Balaban J connectivity index is 1.62. The zero-order chi connectivity index (χ0) is 19.7. The Hall–Kier alpha value is -1.55. The van der Waals surface area contributed by atoms with Gasteiger partial charge in [0.2, 0.25) is 5.91 Å². The molecular weight excluding hydrogens is 391 g/mol. The second kappa shape index (κ2) is 8.44. The fourth-order valence-electron chi connectivity index (χ4n) is 4.65. The van der Waals surface area contributed by atoms with Crippen LogP contribution in [0.1, 0.15) is 42.5 Å². The van der Waals surface area contributed by atoms with Gasteiger partial charge in [-0.25, -0.2) is 0 Å². The summed E-state index contributed by atoms with van der Waals surface area (Å²) in [7, 11) is 0. The molecule has 0 aromatic heterocycles. The normalized spacial score (nSPS) is 22.3. The number of carbonyl (C=O) groups is 1. The molecule has 28 heavy (non-hydrogen) atoms. The third-order valence-corrected chi connectivity index (χ3v) is 6.74. The van der Waals surface area contributed by atoms with Gasteiger partial charge < -0.3 is 9.80 Å². The smallest absolute Gasteiger partial charge is 0.227 e. The van der Waals surface area contributed by atoms with E-state index >= 15 is 0 Å². The molecule has 5 heteroatoms. The first-order valence-electron chi connectivity index (χ1n) is 10.1. The number of halogens is 2. The van der Waals surface area contributed by atoms with Gasteiger partial charge in [0.1, 0.15) is 0 Å². The SMILES string of the molecule is C[C@@H]1Cc2ccccc2[C@H](CN2CCCC2)N1C(=O)Cc1ccc(Cl)c(Cl)c1. The van der Waals surface area contributed by atoms with E-state index in [4.69, 9.17) is 23.2 Å². The minimum atomic E-state index is 0.105. The van der Waals surface area contributed by atoms with E-state index in [1.54, 1.807) is 12.1 Å². The van der Waals surface area contributed by atoms with E-state index in [1.807, 2.05) is 6.07 Å². The minimum Gasteiger partial charge on any atom is -0.331 e. The number of nitrogens with zero attached hydrogens (tertiary/aromatic N) is 2. The summed E-state index contributed by atoms with van der Waals surface area (Å²) < 4.78 is 0. The molecule has 0 bridgehead atoms. The van der Waals surface area contributed by atoms with Gasteiger partial charge >= 0.3 is 0 Å². The van der Waals surface area contributed by atoms with Gasteiger partial charge in [0.25, 0.3) is 0 Å². The highest BCUT2D eigenvalue weighted by Gasteiger charge is 2.36. The summed E-state index contributed by atoms with van der Waals surface area (Å²) in [5, 5.41) is 1.02. The van der Waals surface area contributed by atoms with Crippen molar-refractivity contribution in [2.45, 2.75) is 44.7 Å². The largest absolute Gasteiger partial charge is 0.331 e. The Labute approximate surface area is 177 Å².